The molecule has 1 heterocycles. The summed E-state index contributed by atoms with van der Waals surface area (Å²) in [4.78, 5) is 0. The van der Waals surface area contributed by atoms with Crippen molar-refractivity contribution in [1.29, 1.82) is 0 Å². The number of quaternary nitrogens is 1. The van der Waals surface area contributed by atoms with E-state index >= 15 is 0 Å². The molecule has 0 fully saturated rings. The Bertz CT molecular complexity index is 792. The Balaban J connectivity index is 0.000000363. The molecule has 1 aliphatic heterocycles. The molecule has 1 aromatic carbocycles. The van der Waals surface area contributed by atoms with Gasteiger partial charge in [0, 0.05) is 0 Å². The minimum atomic E-state index is -5.98. The number of unbranched alkanes of at least 4 members (excludes halogenated alkanes) is 4. The summed E-state index contributed by atoms with van der Waals surface area (Å²) < 4.78 is 102. The van der Waals surface area contributed by atoms with Crippen LogP contribution in [0.3, 0.4) is 0 Å². The predicted molar refractivity (Wildman–Crippen MR) is 136 cm³/mol. The fraction of sp³-hybridized carbons (Fsp3) is 0.760. The van der Waals surface area contributed by atoms with E-state index in [1.807, 2.05) is 0 Å². The number of halogens is 7. The number of alkyl halides is 6. The Morgan fingerprint density at radius 2 is 1.14 bits per heavy atom. The molecule has 0 aliphatic carbocycles. The molecule has 1 aliphatic rings. The van der Waals surface area contributed by atoms with Crippen LogP contribution in [0.2, 0.25) is 0 Å². The van der Waals surface area contributed by atoms with Crippen LogP contribution in [0.5, 0.6) is 0 Å². The second-order valence-corrected chi connectivity index (χ2v) is 13.4. The second-order valence-electron chi connectivity index (χ2n) is 9.32. The molecule has 1 atom stereocenters. The molecule has 11 heteroatoms. The summed E-state index contributed by atoms with van der Waals surface area (Å²) in [7, 11) is 0. The van der Waals surface area contributed by atoms with Gasteiger partial charge in [-0.15, -0.1) is 0 Å². The SMILES string of the molecule is CCCC[N+](CCCC)(CCCC)CCCC.O=I1(O)OC(C(F)(F)F)(C(F)(F)F)c2ccccc21. The molecule has 0 aromatic heterocycles. The van der Waals surface area contributed by atoms with E-state index in [0.717, 1.165) is 18.2 Å². The van der Waals surface area contributed by atoms with Crippen molar-refractivity contribution in [2.75, 3.05) is 26.2 Å². The third-order valence-corrected chi connectivity index (χ3v) is 10.1. The number of benzene rings is 1. The minimum absolute atomic E-state index is 0.496. The third kappa shape index (κ3) is 7.86. The van der Waals surface area contributed by atoms with E-state index in [-0.39, 0.29) is 0 Å². The molecule has 0 saturated heterocycles. The molecule has 36 heavy (non-hydrogen) atoms. The van der Waals surface area contributed by atoms with Gasteiger partial charge < -0.3 is 4.48 Å². The Morgan fingerprint density at radius 3 is 1.47 bits per heavy atom. The first-order valence-electron chi connectivity index (χ1n) is 12.7. The van der Waals surface area contributed by atoms with Gasteiger partial charge in [0.15, 0.2) is 0 Å². The van der Waals surface area contributed by atoms with Crippen molar-refractivity contribution in [1.82, 2.24) is 0 Å². The number of fused-ring (bicyclic) bond motifs is 1. The molecule has 0 spiro atoms. The Hall–Kier alpha value is -0.790. The average Bonchev–Trinajstić information content (AvgIpc) is 3.07. The van der Waals surface area contributed by atoms with Gasteiger partial charge in [-0.1, -0.05) is 53.4 Å². The van der Waals surface area contributed by atoms with Gasteiger partial charge in [0.25, 0.3) is 0 Å². The van der Waals surface area contributed by atoms with Crippen molar-refractivity contribution in [2.24, 2.45) is 0 Å². The Kier molecular flexibility index (Phi) is 12.8. The normalized spacial score (nSPS) is 21.3. The fourth-order valence-corrected chi connectivity index (χ4v) is 8.22. The number of nitrogens with zero attached hydrogens (tertiary/aromatic N) is 1. The first-order chi connectivity index (χ1) is 16.7. The van der Waals surface area contributed by atoms with Crippen LogP contribution in [0.1, 0.15) is 84.6 Å². The van der Waals surface area contributed by atoms with Crippen LogP contribution in [0.25, 0.3) is 0 Å². The van der Waals surface area contributed by atoms with Crippen molar-refractivity contribution in [3.63, 3.8) is 0 Å². The van der Waals surface area contributed by atoms with E-state index in [2.05, 4.69) is 30.8 Å². The fourth-order valence-electron chi connectivity index (χ4n) is 4.39. The Morgan fingerprint density at radius 1 is 0.778 bits per heavy atom. The van der Waals surface area contributed by atoms with Gasteiger partial charge >= 0.3 is 107 Å². The summed E-state index contributed by atoms with van der Waals surface area (Å²) in [5, 5.41) is 0. The number of hydrogen-bond acceptors (Lipinski definition) is 2. The van der Waals surface area contributed by atoms with Crippen LogP contribution >= 0.6 is 19.3 Å². The van der Waals surface area contributed by atoms with Crippen LogP contribution in [-0.4, -0.2) is 46.5 Å². The summed E-state index contributed by atoms with van der Waals surface area (Å²) in [6.45, 7) is 15.0. The molecule has 2 rings (SSSR count). The van der Waals surface area contributed by atoms with E-state index in [1.54, 1.807) is 0 Å². The van der Waals surface area contributed by atoms with Crippen LogP contribution in [-0.2, 0) is 11.7 Å². The van der Waals surface area contributed by atoms with Crippen LogP contribution in [0.4, 0.5) is 26.3 Å². The maximum atomic E-state index is 12.9. The maximum absolute atomic E-state index is 12.9. The van der Waals surface area contributed by atoms with Gasteiger partial charge in [0.1, 0.15) is 0 Å². The topological polar surface area (TPSA) is 46.5 Å². The third-order valence-electron chi connectivity index (χ3n) is 6.47. The van der Waals surface area contributed by atoms with Gasteiger partial charge in [0.05, 0.1) is 26.2 Å². The zero-order valence-electron chi connectivity index (χ0n) is 21.7. The van der Waals surface area contributed by atoms with Crippen LogP contribution in [0.15, 0.2) is 24.3 Å². The molecule has 1 aromatic rings. The van der Waals surface area contributed by atoms with Crippen molar-refractivity contribution >= 4 is 19.3 Å². The molecule has 0 saturated carbocycles. The van der Waals surface area contributed by atoms with Crippen LogP contribution in [0, 0.1) is 3.57 Å². The number of rotatable bonds is 12. The Labute approximate surface area is 216 Å². The number of hydrogen-bond donors (Lipinski definition) is 1. The van der Waals surface area contributed by atoms with E-state index in [4.69, 9.17) is 0 Å². The van der Waals surface area contributed by atoms with Gasteiger partial charge in [0.2, 0.25) is 0 Å². The molecule has 0 radical (unpaired) electrons. The van der Waals surface area contributed by atoms with Crippen molar-refractivity contribution in [3.8, 4) is 0 Å². The van der Waals surface area contributed by atoms with Gasteiger partial charge in [-0.3, -0.25) is 0 Å². The van der Waals surface area contributed by atoms with E-state index in [1.165, 1.54) is 82.0 Å². The van der Waals surface area contributed by atoms with Crippen molar-refractivity contribution in [2.45, 2.75) is 97.0 Å². The summed E-state index contributed by atoms with van der Waals surface area (Å²) in [6.07, 6.45) is -0.745. The summed E-state index contributed by atoms with van der Waals surface area (Å²) in [5.74, 6) is 0. The van der Waals surface area contributed by atoms with E-state index < -0.39 is 46.3 Å². The molecule has 212 valence electrons. The molecule has 1 N–H and O–H groups in total. The van der Waals surface area contributed by atoms with E-state index in [0.29, 0.717) is 6.07 Å². The van der Waals surface area contributed by atoms with E-state index in [9.17, 15) is 32.8 Å². The quantitative estimate of drug-likeness (QED) is 0.141. The van der Waals surface area contributed by atoms with Crippen LogP contribution < -0.4 is 0 Å². The van der Waals surface area contributed by atoms with Crippen molar-refractivity contribution in [3.05, 3.63) is 33.4 Å². The molecule has 4 nitrogen and oxygen atoms in total. The predicted octanol–water partition coefficient (Wildman–Crippen LogP) is 8.42. The summed E-state index contributed by atoms with van der Waals surface area (Å²) >= 11 is -5.98. The zero-order chi connectivity index (χ0) is 27.7. The second kappa shape index (κ2) is 13.8. The average molecular weight is 644 g/mol. The van der Waals surface area contributed by atoms with Crippen molar-refractivity contribution < 1.29 is 40.4 Å². The van der Waals surface area contributed by atoms with Gasteiger partial charge in [-0.25, -0.2) is 0 Å². The summed E-state index contributed by atoms with van der Waals surface area (Å²) in [5.41, 5.74) is -6.12. The standard InChI is InChI=1S/C16H36N.C9H5F6IO3/c1-5-9-13-17(14-10-6-2,15-11-7-3)16-12-8-4;10-8(11,12)7(9(13,14)15)5-3-1-2-4-6(5)16(17,18)19-7/h5-16H2,1-4H3;1-4H,(H,17,18)/q+1;. The molecule has 0 amide bonds. The molecular formula is C25H41F6INO3+. The van der Waals surface area contributed by atoms with Gasteiger partial charge in [-0.2, -0.15) is 0 Å². The molecule has 0 bridgehead atoms. The molecular weight excluding hydrogens is 603 g/mol. The first-order valence-corrected chi connectivity index (χ1v) is 16.5. The first kappa shape index (κ1) is 33.2. The van der Waals surface area contributed by atoms with Gasteiger partial charge in [-0.05, 0) is 25.7 Å². The monoisotopic (exact) mass is 644 g/mol. The molecule has 1 unspecified atom stereocenters. The zero-order valence-corrected chi connectivity index (χ0v) is 23.8. The summed E-state index contributed by atoms with van der Waals surface area (Å²) in [6, 6.07) is 3.21.